The van der Waals surface area contributed by atoms with Gasteiger partial charge in [0.2, 0.25) is 0 Å². The number of phenols is 1. The van der Waals surface area contributed by atoms with Crippen molar-refractivity contribution in [2.75, 3.05) is 0 Å². The Morgan fingerprint density at radius 3 is 2.57 bits per heavy atom. The maximum absolute atomic E-state index is 10.5. The maximum Gasteiger partial charge on any atom is 0.145 e. The van der Waals surface area contributed by atoms with Crippen molar-refractivity contribution in [3.8, 4) is 5.75 Å². The van der Waals surface area contributed by atoms with E-state index >= 15 is 0 Å². The summed E-state index contributed by atoms with van der Waals surface area (Å²) >= 11 is 0. The summed E-state index contributed by atoms with van der Waals surface area (Å²) in [5.41, 5.74) is 1.77. The molecule has 0 saturated heterocycles. The van der Waals surface area contributed by atoms with Crippen LogP contribution in [0.25, 0.3) is 10.9 Å². The molecule has 2 nitrogen and oxygen atoms in total. The Morgan fingerprint density at radius 2 is 1.87 bits per heavy atom. The van der Waals surface area contributed by atoms with Crippen LogP contribution in [0.2, 0.25) is 0 Å². The number of hydrogen-bond donors (Lipinski definition) is 1. The quantitative estimate of drug-likeness (QED) is 0.579. The van der Waals surface area contributed by atoms with Crippen molar-refractivity contribution < 1.29 is 24.6 Å². The summed E-state index contributed by atoms with van der Waals surface area (Å²) in [6, 6.07) is 8.04. The molecule has 0 bridgehead atoms. The zero-order valence-corrected chi connectivity index (χ0v) is 17.9. The molecule has 0 fully saturated rings. The van der Waals surface area contributed by atoms with E-state index in [4.69, 9.17) is 0 Å². The zero-order chi connectivity index (χ0) is 15.9. The average Bonchev–Trinajstić information content (AvgIpc) is 2.55. The van der Waals surface area contributed by atoms with Gasteiger partial charge in [0.25, 0.3) is 0 Å². The van der Waals surface area contributed by atoms with Gasteiger partial charge in [-0.15, -0.1) is 0 Å². The van der Waals surface area contributed by atoms with Crippen molar-refractivity contribution in [1.82, 2.24) is 4.98 Å². The number of nitrogens with zero attached hydrogens (tertiary/aromatic N) is 1. The predicted octanol–water partition coefficient (Wildman–Crippen LogP) is 6.04. The van der Waals surface area contributed by atoms with E-state index < -0.39 is 0 Å². The minimum Gasteiger partial charge on any atom is -0.505 e. The number of aromatic nitrogens is 1. The fraction of sp³-hybridized carbons (Fsp3) is 0.550. The molecule has 0 saturated carbocycles. The van der Waals surface area contributed by atoms with E-state index in [-0.39, 0.29) is 19.5 Å². The molecule has 1 aromatic carbocycles. The molecule has 0 radical (unpaired) electrons. The zero-order valence-electron chi connectivity index (χ0n) is 14.9. The number of unbranched alkanes of at least 4 members (excludes halogenated alkanes) is 1. The Hall–Kier alpha value is -0.947. The van der Waals surface area contributed by atoms with Gasteiger partial charge in [-0.1, -0.05) is 64.7 Å². The third-order valence-electron chi connectivity index (χ3n) is 4.86. The van der Waals surface area contributed by atoms with Crippen LogP contribution in [0.4, 0.5) is 0 Å². The van der Waals surface area contributed by atoms with Gasteiger partial charge in [-0.05, 0) is 36.3 Å². The second-order valence-electron chi connectivity index (χ2n) is 6.47. The summed E-state index contributed by atoms with van der Waals surface area (Å²) in [5, 5.41) is 11.5. The van der Waals surface area contributed by atoms with E-state index in [0.29, 0.717) is 11.7 Å². The van der Waals surface area contributed by atoms with Gasteiger partial charge in [0.1, 0.15) is 11.3 Å². The summed E-state index contributed by atoms with van der Waals surface area (Å²) < 4.78 is 0. The molecule has 2 unspecified atom stereocenters. The van der Waals surface area contributed by atoms with Crippen molar-refractivity contribution in [1.29, 1.82) is 0 Å². The second-order valence-corrected chi connectivity index (χ2v) is 6.47. The Morgan fingerprint density at radius 1 is 1.09 bits per heavy atom. The predicted molar refractivity (Wildman–Crippen MR) is 94.4 cm³/mol. The number of pyridine rings is 1. The van der Waals surface area contributed by atoms with Crippen LogP contribution in [0.3, 0.4) is 0 Å². The molecule has 0 amide bonds. The van der Waals surface area contributed by atoms with Crippen molar-refractivity contribution in [2.45, 2.75) is 65.2 Å². The van der Waals surface area contributed by atoms with Crippen molar-refractivity contribution in [3.63, 3.8) is 0 Å². The smallest absolute Gasteiger partial charge is 0.145 e. The molecule has 0 aliphatic carbocycles. The van der Waals surface area contributed by atoms with Crippen LogP contribution in [0.15, 0.2) is 30.5 Å². The monoisotopic (exact) mass is 363 g/mol. The van der Waals surface area contributed by atoms with E-state index in [0.717, 1.165) is 28.8 Å². The SMILES string of the molecule is CCCCC(CC)CCC(C)c1ccc2cccnc2c1O.[Zn]. The minimum absolute atomic E-state index is 0. The van der Waals surface area contributed by atoms with Gasteiger partial charge in [0.05, 0.1) is 0 Å². The molecule has 0 aliphatic rings. The summed E-state index contributed by atoms with van der Waals surface area (Å²) in [6.45, 7) is 6.77. The van der Waals surface area contributed by atoms with Crippen LogP contribution < -0.4 is 0 Å². The molecule has 2 rings (SSSR count). The van der Waals surface area contributed by atoms with Crippen LogP contribution in [0.5, 0.6) is 5.75 Å². The summed E-state index contributed by atoms with van der Waals surface area (Å²) in [7, 11) is 0. The molecule has 122 valence electrons. The Bertz CT molecular complexity index is 599. The summed E-state index contributed by atoms with van der Waals surface area (Å²) in [4.78, 5) is 4.33. The standard InChI is InChI=1S/C20H29NO.Zn/c1-4-6-8-16(5-2)11-10-15(3)18-13-12-17-9-7-14-21-19(17)20(18)22;/h7,9,12-16,22H,4-6,8,10-11H2,1-3H3;. The first-order chi connectivity index (χ1) is 10.7. The normalized spacial score (nSPS) is 13.5. The van der Waals surface area contributed by atoms with E-state index in [2.05, 4.69) is 37.9 Å². The van der Waals surface area contributed by atoms with Gasteiger partial charge < -0.3 is 5.11 Å². The third kappa shape index (κ3) is 5.28. The third-order valence-corrected chi connectivity index (χ3v) is 4.86. The number of fused-ring (bicyclic) bond motifs is 1. The van der Waals surface area contributed by atoms with Crippen molar-refractivity contribution in [3.05, 3.63) is 36.0 Å². The summed E-state index contributed by atoms with van der Waals surface area (Å²) in [6.07, 6.45) is 9.34. The fourth-order valence-electron chi connectivity index (χ4n) is 3.23. The van der Waals surface area contributed by atoms with Crippen LogP contribution in [-0.4, -0.2) is 10.1 Å². The van der Waals surface area contributed by atoms with Crippen molar-refractivity contribution >= 4 is 10.9 Å². The molecule has 23 heavy (non-hydrogen) atoms. The van der Waals surface area contributed by atoms with Crippen LogP contribution in [0, 0.1) is 5.92 Å². The number of phenolic OH excluding ortho intramolecular Hbond substituents is 1. The fourth-order valence-corrected chi connectivity index (χ4v) is 3.23. The molecule has 2 aromatic rings. The first kappa shape index (κ1) is 20.1. The molecule has 3 heteroatoms. The van der Waals surface area contributed by atoms with E-state index in [1.54, 1.807) is 6.20 Å². The Balaban J connectivity index is 0.00000264. The number of hydrogen-bond acceptors (Lipinski definition) is 2. The minimum atomic E-state index is 0. The number of benzene rings is 1. The molecule has 2 atom stereocenters. The maximum atomic E-state index is 10.5. The molecule has 1 N–H and O–H groups in total. The van der Waals surface area contributed by atoms with Crippen LogP contribution >= 0.6 is 0 Å². The van der Waals surface area contributed by atoms with Crippen LogP contribution in [-0.2, 0) is 19.5 Å². The largest absolute Gasteiger partial charge is 0.505 e. The molecule has 1 heterocycles. The molecule has 1 aromatic heterocycles. The van der Waals surface area contributed by atoms with Crippen LogP contribution in [0.1, 0.15) is 70.8 Å². The topological polar surface area (TPSA) is 33.1 Å². The number of rotatable bonds is 8. The molecular formula is C20H29NOZn. The average molecular weight is 365 g/mol. The second kappa shape index (κ2) is 10.0. The molecule has 0 aliphatic heterocycles. The van der Waals surface area contributed by atoms with E-state index in [1.165, 1.54) is 32.1 Å². The van der Waals surface area contributed by atoms with Gasteiger partial charge in [0.15, 0.2) is 0 Å². The Kier molecular flexibility index (Phi) is 8.76. The van der Waals surface area contributed by atoms with Gasteiger partial charge >= 0.3 is 0 Å². The first-order valence-corrected chi connectivity index (χ1v) is 8.73. The first-order valence-electron chi connectivity index (χ1n) is 8.73. The van der Waals surface area contributed by atoms with E-state index in [1.807, 2.05) is 12.1 Å². The Labute approximate surface area is 153 Å². The van der Waals surface area contributed by atoms with Gasteiger partial charge in [-0.25, -0.2) is 0 Å². The number of aromatic hydroxyl groups is 1. The molecule has 0 spiro atoms. The van der Waals surface area contributed by atoms with Gasteiger partial charge in [-0.3, -0.25) is 4.98 Å². The molecular weight excluding hydrogens is 336 g/mol. The van der Waals surface area contributed by atoms with Gasteiger partial charge in [-0.2, -0.15) is 0 Å². The van der Waals surface area contributed by atoms with Crippen molar-refractivity contribution in [2.24, 2.45) is 5.92 Å². The summed E-state index contributed by atoms with van der Waals surface area (Å²) in [5.74, 6) is 1.57. The van der Waals surface area contributed by atoms with E-state index in [9.17, 15) is 5.11 Å². The van der Waals surface area contributed by atoms with Gasteiger partial charge in [0, 0.05) is 31.1 Å².